The summed E-state index contributed by atoms with van der Waals surface area (Å²) in [5.41, 5.74) is 6.56. The summed E-state index contributed by atoms with van der Waals surface area (Å²) in [6.45, 7) is 2.40. The van der Waals surface area contributed by atoms with Crippen LogP contribution in [-0.4, -0.2) is 45.5 Å². The van der Waals surface area contributed by atoms with Gasteiger partial charge in [-0.15, -0.1) is 0 Å². The van der Waals surface area contributed by atoms with Gasteiger partial charge in [-0.2, -0.15) is 5.26 Å². The van der Waals surface area contributed by atoms with Crippen LogP contribution in [-0.2, 0) is 9.47 Å². The number of hydrogen-bond acceptors (Lipinski definition) is 6. The average Bonchev–Trinajstić information content (AvgIpc) is 2.39. The van der Waals surface area contributed by atoms with E-state index in [-0.39, 0.29) is 0 Å². The largest absolute Gasteiger partial charge is 0.397 e. The van der Waals surface area contributed by atoms with Crippen molar-refractivity contribution < 1.29 is 9.47 Å². The van der Waals surface area contributed by atoms with Gasteiger partial charge in [-0.05, 0) is 6.07 Å². The Morgan fingerprint density at radius 1 is 1.33 bits per heavy atom. The highest BCUT2D eigenvalue weighted by molar-refractivity contribution is 5.58. The molecule has 18 heavy (non-hydrogen) atoms. The molecule has 0 radical (unpaired) electrons. The minimum Gasteiger partial charge on any atom is -0.397 e. The van der Waals surface area contributed by atoms with Gasteiger partial charge in [-0.1, -0.05) is 0 Å². The molecule has 98 valence electrons. The summed E-state index contributed by atoms with van der Waals surface area (Å²) in [4.78, 5) is 6.17. The first-order valence-electron chi connectivity index (χ1n) is 5.61. The van der Waals surface area contributed by atoms with Crippen LogP contribution in [0.25, 0.3) is 0 Å². The third kappa shape index (κ3) is 3.87. The summed E-state index contributed by atoms with van der Waals surface area (Å²) in [6.07, 6.45) is 1.54. The van der Waals surface area contributed by atoms with Crippen molar-refractivity contribution in [2.24, 2.45) is 0 Å². The van der Waals surface area contributed by atoms with Gasteiger partial charge in [-0.3, -0.25) is 0 Å². The molecule has 0 aliphatic rings. The lowest BCUT2D eigenvalue weighted by molar-refractivity contribution is 0.190. The second-order valence-corrected chi connectivity index (χ2v) is 3.72. The number of anilines is 2. The number of rotatable bonds is 7. The second-order valence-electron chi connectivity index (χ2n) is 3.72. The van der Waals surface area contributed by atoms with Crippen LogP contribution < -0.4 is 10.6 Å². The Morgan fingerprint density at radius 3 is 2.44 bits per heavy atom. The van der Waals surface area contributed by atoms with E-state index in [1.54, 1.807) is 26.5 Å². The maximum absolute atomic E-state index is 9.11. The molecule has 2 N–H and O–H groups in total. The van der Waals surface area contributed by atoms with Crippen LogP contribution in [0.4, 0.5) is 11.5 Å². The van der Waals surface area contributed by atoms with Gasteiger partial charge in [0, 0.05) is 27.3 Å². The van der Waals surface area contributed by atoms with Crippen LogP contribution >= 0.6 is 0 Å². The number of pyridine rings is 1. The summed E-state index contributed by atoms with van der Waals surface area (Å²) < 4.78 is 10.1. The van der Waals surface area contributed by atoms with E-state index >= 15 is 0 Å². The molecule has 1 aromatic heterocycles. The molecule has 6 nitrogen and oxygen atoms in total. The molecule has 0 amide bonds. The van der Waals surface area contributed by atoms with Gasteiger partial charge in [0.15, 0.2) is 0 Å². The van der Waals surface area contributed by atoms with Crippen molar-refractivity contribution >= 4 is 11.5 Å². The minimum atomic E-state index is 0.460. The van der Waals surface area contributed by atoms with Crippen molar-refractivity contribution in [3.63, 3.8) is 0 Å². The maximum Gasteiger partial charge on any atom is 0.146 e. The lowest BCUT2D eigenvalue weighted by Gasteiger charge is -2.23. The van der Waals surface area contributed by atoms with Crippen LogP contribution in [0.2, 0.25) is 0 Å². The number of nitrogens with two attached hydrogens (primary N) is 1. The molecule has 0 saturated carbocycles. The standard InChI is InChI=1S/C12H18N4O2/c1-17-5-3-16(4-6-18-2)12-10(8-13)7-11(14)9-15-12/h7,9H,3-6,14H2,1-2H3. The Bertz CT molecular complexity index is 409. The van der Waals surface area contributed by atoms with Gasteiger partial charge in [0.1, 0.15) is 11.9 Å². The fraction of sp³-hybridized carbons (Fsp3) is 0.500. The normalized spacial score (nSPS) is 10.1. The molecular weight excluding hydrogens is 232 g/mol. The third-order valence-corrected chi connectivity index (χ3v) is 2.44. The number of nitrogens with zero attached hydrogens (tertiary/aromatic N) is 3. The summed E-state index contributed by atoms with van der Waals surface area (Å²) in [6, 6.07) is 3.72. The zero-order chi connectivity index (χ0) is 13.4. The Balaban J connectivity index is 2.92. The Labute approximate surface area is 107 Å². The quantitative estimate of drug-likeness (QED) is 0.764. The Hall–Kier alpha value is -1.84. The molecule has 0 aromatic carbocycles. The van der Waals surface area contributed by atoms with Crippen LogP contribution in [0, 0.1) is 11.3 Å². The van der Waals surface area contributed by atoms with Gasteiger partial charge < -0.3 is 20.1 Å². The van der Waals surface area contributed by atoms with Crippen LogP contribution in [0.1, 0.15) is 5.56 Å². The summed E-state index contributed by atoms with van der Waals surface area (Å²) in [5, 5.41) is 9.11. The van der Waals surface area contributed by atoms with E-state index in [0.717, 1.165) is 0 Å². The predicted octanol–water partition coefficient (Wildman–Crippen LogP) is 0.635. The molecule has 0 bridgehead atoms. The number of nitriles is 1. The van der Waals surface area contributed by atoms with E-state index in [0.29, 0.717) is 43.4 Å². The van der Waals surface area contributed by atoms with E-state index in [1.165, 1.54) is 0 Å². The van der Waals surface area contributed by atoms with Gasteiger partial charge in [0.2, 0.25) is 0 Å². The summed E-state index contributed by atoms with van der Waals surface area (Å²) >= 11 is 0. The minimum absolute atomic E-state index is 0.460. The van der Waals surface area contributed by atoms with Crippen molar-refractivity contribution in [3.05, 3.63) is 17.8 Å². The molecule has 0 aliphatic carbocycles. The highest BCUT2D eigenvalue weighted by Gasteiger charge is 2.13. The SMILES string of the molecule is COCCN(CCOC)c1ncc(N)cc1C#N. The monoisotopic (exact) mass is 250 g/mol. The molecule has 6 heteroatoms. The van der Waals surface area contributed by atoms with Gasteiger partial charge in [0.05, 0.1) is 30.7 Å². The first-order valence-corrected chi connectivity index (χ1v) is 5.61. The van der Waals surface area contributed by atoms with Crippen molar-refractivity contribution in [2.45, 2.75) is 0 Å². The molecule has 0 aliphatic heterocycles. The van der Waals surface area contributed by atoms with Crippen LogP contribution in [0.5, 0.6) is 0 Å². The molecule has 1 aromatic rings. The Kier molecular flexibility index (Phi) is 5.91. The maximum atomic E-state index is 9.11. The molecule has 0 unspecified atom stereocenters. The zero-order valence-electron chi connectivity index (χ0n) is 10.7. The molecule has 0 saturated heterocycles. The lowest BCUT2D eigenvalue weighted by atomic mass is 10.2. The number of hydrogen-bond donors (Lipinski definition) is 1. The third-order valence-electron chi connectivity index (χ3n) is 2.44. The molecule has 0 spiro atoms. The fourth-order valence-corrected chi connectivity index (χ4v) is 1.53. The first kappa shape index (κ1) is 14.2. The molecule has 1 heterocycles. The number of methoxy groups -OCH3 is 2. The predicted molar refractivity (Wildman–Crippen MR) is 69.3 cm³/mol. The fourth-order valence-electron chi connectivity index (χ4n) is 1.53. The lowest BCUT2D eigenvalue weighted by Crippen LogP contribution is -2.32. The molecule has 0 fully saturated rings. The van der Waals surface area contributed by atoms with Crippen molar-refractivity contribution in [1.29, 1.82) is 5.26 Å². The average molecular weight is 250 g/mol. The number of aromatic nitrogens is 1. The van der Waals surface area contributed by atoms with E-state index < -0.39 is 0 Å². The van der Waals surface area contributed by atoms with Gasteiger partial charge in [0.25, 0.3) is 0 Å². The van der Waals surface area contributed by atoms with Gasteiger partial charge >= 0.3 is 0 Å². The van der Waals surface area contributed by atoms with E-state index in [4.69, 9.17) is 20.5 Å². The van der Waals surface area contributed by atoms with Crippen molar-refractivity contribution in [2.75, 3.05) is 51.2 Å². The highest BCUT2D eigenvalue weighted by atomic mass is 16.5. The van der Waals surface area contributed by atoms with E-state index in [1.807, 2.05) is 4.90 Å². The van der Waals surface area contributed by atoms with Crippen LogP contribution in [0.3, 0.4) is 0 Å². The van der Waals surface area contributed by atoms with Gasteiger partial charge in [-0.25, -0.2) is 4.98 Å². The second kappa shape index (κ2) is 7.48. The first-order chi connectivity index (χ1) is 8.72. The smallest absolute Gasteiger partial charge is 0.146 e. The Morgan fingerprint density at radius 2 is 1.94 bits per heavy atom. The molecule has 0 atom stereocenters. The number of nitrogen functional groups attached to an aromatic ring is 1. The topological polar surface area (TPSA) is 84.4 Å². The van der Waals surface area contributed by atoms with E-state index in [9.17, 15) is 0 Å². The number of ether oxygens (including phenoxy) is 2. The van der Waals surface area contributed by atoms with E-state index in [2.05, 4.69) is 11.1 Å². The summed E-state index contributed by atoms with van der Waals surface area (Å²) in [5.74, 6) is 0.612. The van der Waals surface area contributed by atoms with Crippen molar-refractivity contribution in [1.82, 2.24) is 4.98 Å². The van der Waals surface area contributed by atoms with Crippen molar-refractivity contribution in [3.8, 4) is 6.07 Å². The molecular formula is C12H18N4O2. The summed E-state index contributed by atoms with van der Waals surface area (Å²) in [7, 11) is 3.27. The van der Waals surface area contributed by atoms with Crippen LogP contribution in [0.15, 0.2) is 12.3 Å². The molecule has 1 rings (SSSR count). The zero-order valence-corrected chi connectivity index (χ0v) is 10.7. The highest BCUT2D eigenvalue weighted by Crippen LogP contribution is 2.18.